The number of rotatable bonds is 3. The Hall–Kier alpha value is -1.10. The lowest BCUT2D eigenvalue weighted by molar-refractivity contribution is -0.137. The van der Waals surface area contributed by atoms with Gasteiger partial charge in [-0.1, -0.05) is 13.8 Å². The van der Waals surface area contributed by atoms with Crippen LogP contribution in [0.3, 0.4) is 0 Å². The third kappa shape index (κ3) is 3.08. The highest BCUT2D eigenvalue weighted by Gasteiger charge is 2.37. The van der Waals surface area contributed by atoms with Crippen molar-refractivity contribution in [2.45, 2.75) is 45.7 Å². The molecule has 0 aromatic heterocycles. The van der Waals surface area contributed by atoms with Gasteiger partial charge in [0.15, 0.2) is 0 Å². The Morgan fingerprint density at radius 1 is 1.32 bits per heavy atom. The quantitative estimate of drug-likeness (QED) is 0.823. The number of nitrogens with one attached hydrogen (secondary N) is 1. The Balaban J connectivity index is 2.13. The monoisotopic (exact) mass is 268 g/mol. The molecule has 1 N–H and O–H groups in total. The molecule has 108 valence electrons. The van der Waals surface area contributed by atoms with Gasteiger partial charge in [0.2, 0.25) is 11.8 Å². The first-order chi connectivity index (χ1) is 9.00. The van der Waals surface area contributed by atoms with Gasteiger partial charge in [-0.05, 0) is 19.3 Å². The van der Waals surface area contributed by atoms with Crippen LogP contribution in [0.2, 0.25) is 0 Å². The van der Waals surface area contributed by atoms with Crippen LogP contribution < -0.4 is 5.32 Å². The van der Waals surface area contributed by atoms with Crippen molar-refractivity contribution in [2.24, 2.45) is 11.8 Å². The zero-order chi connectivity index (χ0) is 14.0. The molecule has 0 radical (unpaired) electrons. The van der Waals surface area contributed by atoms with Crippen molar-refractivity contribution in [3.63, 3.8) is 0 Å². The van der Waals surface area contributed by atoms with Crippen LogP contribution in [0.4, 0.5) is 0 Å². The second-order valence-corrected chi connectivity index (χ2v) is 5.94. The summed E-state index contributed by atoms with van der Waals surface area (Å²) in [6, 6.07) is -0.247. The average molecular weight is 268 g/mol. The van der Waals surface area contributed by atoms with Gasteiger partial charge in [-0.2, -0.15) is 0 Å². The molecule has 3 unspecified atom stereocenters. The third-order valence-corrected chi connectivity index (χ3v) is 4.25. The first-order valence-corrected chi connectivity index (χ1v) is 7.18. The van der Waals surface area contributed by atoms with Crippen LogP contribution in [-0.4, -0.2) is 48.6 Å². The molecule has 5 heteroatoms. The molecule has 0 aliphatic carbocycles. The Morgan fingerprint density at radius 3 is 2.63 bits per heavy atom. The molecule has 0 saturated carbocycles. The van der Waals surface area contributed by atoms with Gasteiger partial charge in [-0.25, -0.2) is 0 Å². The van der Waals surface area contributed by atoms with Gasteiger partial charge < -0.3 is 15.0 Å². The molecular weight excluding hydrogens is 244 g/mol. The van der Waals surface area contributed by atoms with Crippen LogP contribution in [0.5, 0.6) is 0 Å². The lowest BCUT2D eigenvalue weighted by Crippen LogP contribution is -2.51. The number of carbonyl (C=O) groups is 2. The zero-order valence-electron chi connectivity index (χ0n) is 12.0. The maximum Gasteiger partial charge on any atom is 0.245 e. The summed E-state index contributed by atoms with van der Waals surface area (Å²) >= 11 is 0. The lowest BCUT2D eigenvalue weighted by atomic mass is 9.96. The van der Waals surface area contributed by atoms with Crippen LogP contribution in [0.25, 0.3) is 0 Å². The van der Waals surface area contributed by atoms with E-state index in [1.54, 1.807) is 0 Å². The van der Waals surface area contributed by atoms with Crippen LogP contribution >= 0.6 is 0 Å². The molecule has 0 spiro atoms. The number of amides is 2. The highest BCUT2D eigenvalue weighted by Crippen LogP contribution is 2.23. The zero-order valence-corrected chi connectivity index (χ0v) is 12.0. The predicted molar refractivity (Wildman–Crippen MR) is 71.5 cm³/mol. The molecule has 5 nitrogen and oxygen atoms in total. The normalized spacial score (nSPS) is 30.4. The minimum atomic E-state index is -0.389. The first-order valence-electron chi connectivity index (χ1n) is 7.18. The van der Waals surface area contributed by atoms with Crippen molar-refractivity contribution in [3.05, 3.63) is 0 Å². The van der Waals surface area contributed by atoms with E-state index in [2.05, 4.69) is 12.2 Å². The summed E-state index contributed by atoms with van der Waals surface area (Å²) in [6.45, 7) is 8.03. The summed E-state index contributed by atoms with van der Waals surface area (Å²) < 4.78 is 5.41. The van der Waals surface area contributed by atoms with E-state index in [0.29, 0.717) is 18.9 Å². The maximum absolute atomic E-state index is 12.6. The Morgan fingerprint density at radius 2 is 2.05 bits per heavy atom. The SMILES string of the molecule is CC(C)C1NC(=O)CCN(C(C)C2CCOC2)C1=O. The second-order valence-electron chi connectivity index (χ2n) is 5.94. The molecule has 19 heavy (non-hydrogen) atoms. The summed E-state index contributed by atoms with van der Waals surface area (Å²) in [6.07, 6.45) is 1.39. The van der Waals surface area contributed by atoms with E-state index >= 15 is 0 Å². The minimum Gasteiger partial charge on any atom is -0.381 e. The topological polar surface area (TPSA) is 58.6 Å². The second kappa shape index (κ2) is 5.90. The molecule has 2 aliphatic rings. The number of carbonyl (C=O) groups excluding carboxylic acids is 2. The summed E-state index contributed by atoms with van der Waals surface area (Å²) in [5, 5.41) is 2.84. The molecule has 2 amide bonds. The van der Waals surface area contributed by atoms with Crippen LogP contribution in [0, 0.1) is 11.8 Å². The highest BCUT2D eigenvalue weighted by molar-refractivity contribution is 5.90. The van der Waals surface area contributed by atoms with E-state index in [9.17, 15) is 9.59 Å². The van der Waals surface area contributed by atoms with E-state index in [1.165, 1.54) is 0 Å². The average Bonchev–Trinajstić information content (AvgIpc) is 2.84. The largest absolute Gasteiger partial charge is 0.381 e. The fourth-order valence-corrected chi connectivity index (χ4v) is 2.86. The van der Waals surface area contributed by atoms with Crippen molar-refractivity contribution >= 4 is 11.8 Å². The molecule has 2 rings (SSSR count). The van der Waals surface area contributed by atoms with Gasteiger partial charge in [0.05, 0.1) is 6.61 Å². The van der Waals surface area contributed by atoms with E-state index in [-0.39, 0.29) is 29.8 Å². The molecular formula is C14H24N2O3. The Labute approximate surface area is 114 Å². The van der Waals surface area contributed by atoms with Gasteiger partial charge in [0.25, 0.3) is 0 Å². The minimum absolute atomic E-state index is 0.0237. The fourth-order valence-electron chi connectivity index (χ4n) is 2.86. The fraction of sp³-hybridized carbons (Fsp3) is 0.857. The molecule has 2 fully saturated rings. The van der Waals surface area contributed by atoms with E-state index in [4.69, 9.17) is 4.74 Å². The highest BCUT2D eigenvalue weighted by atomic mass is 16.5. The number of hydrogen-bond acceptors (Lipinski definition) is 3. The predicted octanol–water partition coefficient (Wildman–Crippen LogP) is 0.784. The third-order valence-electron chi connectivity index (χ3n) is 4.25. The van der Waals surface area contributed by atoms with Gasteiger partial charge in [-0.3, -0.25) is 9.59 Å². The van der Waals surface area contributed by atoms with E-state index in [0.717, 1.165) is 19.6 Å². The lowest BCUT2D eigenvalue weighted by Gasteiger charge is -2.34. The van der Waals surface area contributed by atoms with Crippen molar-refractivity contribution in [1.82, 2.24) is 10.2 Å². The molecule has 2 saturated heterocycles. The summed E-state index contributed by atoms with van der Waals surface area (Å²) in [5.74, 6) is 0.540. The molecule has 3 atom stereocenters. The summed E-state index contributed by atoms with van der Waals surface area (Å²) in [5.41, 5.74) is 0. The van der Waals surface area contributed by atoms with Crippen LogP contribution in [-0.2, 0) is 14.3 Å². The first kappa shape index (κ1) is 14.3. The van der Waals surface area contributed by atoms with Crippen molar-refractivity contribution in [1.29, 1.82) is 0 Å². The molecule has 2 aliphatic heterocycles. The Bertz CT molecular complexity index is 351. The molecule has 0 aromatic rings. The summed E-state index contributed by atoms with van der Waals surface area (Å²) in [7, 11) is 0. The standard InChI is InChI=1S/C14H24N2O3/c1-9(2)13-14(18)16(6-4-12(17)15-13)10(3)11-5-7-19-8-11/h9-11,13H,4-8H2,1-3H3,(H,15,17). The Kier molecular flexibility index (Phi) is 4.45. The molecule has 0 bridgehead atoms. The number of ether oxygens (including phenoxy) is 1. The number of hydrogen-bond donors (Lipinski definition) is 1. The van der Waals surface area contributed by atoms with Crippen LogP contribution in [0.15, 0.2) is 0 Å². The van der Waals surface area contributed by atoms with Gasteiger partial charge in [0.1, 0.15) is 6.04 Å². The van der Waals surface area contributed by atoms with E-state index < -0.39 is 0 Å². The van der Waals surface area contributed by atoms with Crippen molar-refractivity contribution in [2.75, 3.05) is 19.8 Å². The molecule has 2 heterocycles. The van der Waals surface area contributed by atoms with Crippen LogP contribution in [0.1, 0.15) is 33.6 Å². The van der Waals surface area contributed by atoms with Crippen molar-refractivity contribution < 1.29 is 14.3 Å². The summed E-state index contributed by atoms with van der Waals surface area (Å²) in [4.78, 5) is 26.2. The molecule has 0 aromatic carbocycles. The van der Waals surface area contributed by atoms with Gasteiger partial charge in [-0.15, -0.1) is 0 Å². The smallest absolute Gasteiger partial charge is 0.245 e. The maximum atomic E-state index is 12.6. The van der Waals surface area contributed by atoms with Crippen molar-refractivity contribution in [3.8, 4) is 0 Å². The van der Waals surface area contributed by atoms with Gasteiger partial charge in [0, 0.05) is 31.5 Å². The number of nitrogens with zero attached hydrogens (tertiary/aromatic N) is 1. The van der Waals surface area contributed by atoms with E-state index in [1.807, 2.05) is 18.7 Å². The van der Waals surface area contributed by atoms with Gasteiger partial charge >= 0.3 is 0 Å².